The van der Waals surface area contributed by atoms with E-state index in [0.717, 1.165) is 12.0 Å². The van der Waals surface area contributed by atoms with E-state index in [4.69, 9.17) is 0 Å². The number of aromatic nitrogens is 2. The van der Waals surface area contributed by atoms with Crippen LogP contribution in [0.1, 0.15) is 38.7 Å². The lowest BCUT2D eigenvalue weighted by atomic mass is 9.94. The van der Waals surface area contributed by atoms with Crippen LogP contribution in [0.4, 0.5) is 0 Å². The van der Waals surface area contributed by atoms with Gasteiger partial charge in [-0.3, -0.25) is 5.10 Å². The van der Waals surface area contributed by atoms with E-state index in [-0.39, 0.29) is 5.03 Å². The van der Waals surface area contributed by atoms with Gasteiger partial charge < -0.3 is 5.32 Å². The molecule has 0 amide bonds. The number of nitrogens with one attached hydrogen (secondary N) is 2. The van der Waals surface area contributed by atoms with Gasteiger partial charge in [0.1, 0.15) is 0 Å². The molecule has 1 saturated carbocycles. The van der Waals surface area contributed by atoms with Gasteiger partial charge in [0.25, 0.3) is 10.0 Å². The molecule has 1 aromatic heterocycles. The molecule has 7 heteroatoms. The van der Waals surface area contributed by atoms with Crippen LogP contribution >= 0.6 is 0 Å². The first-order valence-electron chi connectivity index (χ1n) is 7.72. The Hall–Kier alpha value is -0.920. The summed E-state index contributed by atoms with van der Waals surface area (Å²) < 4.78 is 27.3. The van der Waals surface area contributed by atoms with Gasteiger partial charge in [-0.05, 0) is 31.1 Å². The number of sulfonamides is 1. The SMILES string of the molecule is CC1CC(C)CN(S(=O)(=O)c2[nH]ncc2CNC2CC2)C1. The summed E-state index contributed by atoms with van der Waals surface area (Å²) in [5, 5.41) is 10.3. The van der Waals surface area contributed by atoms with E-state index >= 15 is 0 Å². The van der Waals surface area contributed by atoms with E-state index in [9.17, 15) is 8.42 Å². The average Bonchev–Trinajstić information content (AvgIpc) is 3.11. The van der Waals surface area contributed by atoms with Crippen LogP contribution in [0.2, 0.25) is 0 Å². The molecule has 0 spiro atoms. The molecule has 1 aliphatic heterocycles. The van der Waals surface area contributed by atoms with Gasteiger partial charge in [0, 0.05) is 31.2 Å². The van der Waals surface area contributed by atoms with Gasteiger partial charge in [-0.1, -0.05) is 13.8 Å². The Morgan fingerprint density at radius 1 is 1.33 bits per heavy atom. The second-order valence-corrected chi connectivity index (χ2v) is 8.52. The number of rotatable bonds is 5. The topological polar surface area (TPSA) is 78.1 Å². The number of piperidine rings is 1. The van der Waals surface area contributed by atoms with Gasteiger partial charge in [0.05, 0.1) is 6.20 Å². The summed E-state index contributed by atoms with van der Waals surface area (Å²) in [7, 11) is -3.47. The van der Waals surface area contributed by atoms with E-state index in [2.05, 4.69) is 29.4 Å². The third-order valence-electron chi connectivity index (χ3n) is 4.27. The van der Waals surface area contributed by atoms with Crippen molar-refractivity contribution in [2.75, 3.05) is 13.1 Å². The minimum atomic E-state index is -3.47. The van der Waals surface area contributed by atoms with E-state index in [1.165, 1.54) is 12.8 Å². The van der Waals surface area contributed by atoms with E-state index in [1.54, 1.807) is 10.5 Å². The van der Waals surface area contributed by atoms with Gasteiger partial charge in [-0.15, -0.1) is 0 Å². The molecular formula is C14H24N4O2S. The molecule has 1 saturated heterocycles. The Balaban J connectivity index is 1.78. The summed E-state index contributed by atoms with van der Waals surface area (Å²) in [6, 6.07) is 0.547. The minimum Gasteiger partial charge on any atom is -0.310 e. The Morgan fingerprint density at radius 3 is 2.62 bits per heavy atom. The fraction of sp³-hybridized carbons (Fsp3) is 0.786. The van der Waals surface area contributed by atoms with E-state index < -0.39 is 10.0 Å². The van der Waals surface area contributed by atoms with Crippen molar-refractivity contribution < 1.29 is 8.42 Å². The summed E-state index contributed by atoms with van der Waals surface area (Å²) >= 11 is 0. The molecule has 0 bridgehead atoms. The zero-order chi connectivity index (χ0) is 15.0. The maximum Gasteiger partial charge on any atom is 0.260 e. The molecule has 0 aromatic carbocycles. The van der Waals surface area contributed by atoms with Crippen LogP contribution in [0.3, 0.4) is 0 Å². The maximum atomic E-state index is 12.8. The number of hydrogen-bond donors (Lipinski definition) is 2. The zero-order valence-electron chi connectivity index (χ0n) is 12.7. The smallest absolute Gasteiger partial charge is 0.260 e. The zero-order valence-corrected chi connectivity index (χ0v) is 13.5. The van der Waals surface area contributed by atoms with E-state index in [0.29, 0.717) is 37.5 Å². The van der Waals surface area contributed by atoms with Gasteiger partial charge in [-0.2, -0.15) is 9.40 Å². The number of nitrogens with zero attached hydrogens (tertiary/aromatic N) is 2. The first-order chi connectivity index (χ1) is 9.96. The maximum absolute atomic E-state index is 12.8. The van der Waals surface area contributed by atoms with Crippen LogP contribution in [-0.2, 0) is 16.6 Å². The fourth-order valence-corrected chi connectivity index (χ4v) is 4.91. The van der Waals surface area contributed by atoms with Crippen molar-refractivity contribution in [1.82, 2.24) is 19.8 Å². The van der Waals surface area contributed by atoms with Gasteiger partial charge >= 0.3 is 0 Å². The van der Waals surface area contributed by atoms with E-state index in [1.807, 2.05) is 0 Å². The molecular weight excluding hydrogens is 288 g/mol. The van der Waals surface area contributed by atoms with Crippen LogP contribution in [0.5, 0.6) is 0 Å². The summed E-state index contributed by atoms with van der Waals surface area (Å²) in [5.41, 5.74) is 0.743. The minimum absolute atomic E-state index is 0.261. The molecule has 3 rings (SSSR count). The quantitative estimate of drug-likeness (QED) is 0.860. The molecule has 2 N–H and O–H groups in total. The highest BCUT2D eigenvalue weighted by atomic mass is 32.2. The highest BCUT2D eigenvalue weighted by molar-refractivity contribution is 7.89. The molecule has 1 aliphatic carbocycles. The van der Waals surface area contributed by atoms with Gasteiger partial charge in [0.15, 0.2) is 5.03 Å². The van der Waals surface area contributed by atoms with Gasteiger partial charge in [-0.25, -0.2) is 8.42 Å². The summed E-state index contributed by atoms with van der Waals surface area (Å²) in [5.74, 6) is 0.805. The summed E-state index contributed by atoms with van der Waals surface area (Å²) in [4.78, 5) is 0. The highest BCUT2D eigenvalue weighted by Gasteiger charge is 2.34. The second kappa shape index (κ2) is 5.70. The van der Waals surface area contributed by atoms with Crippen molar-refractivity contribution in [3.63, 3.8) is 0 Å². The Morgan fingerprint density at radius 2 is 2.00 bits per heavy atom. The molecule has 6 nitrogen and oxygen atoms in total. The molecule has 1 aromatic rings. The molecule has 2 fully saturated rings. The summed E-state index contributed by atoms with van der Waals surface area (Å²) in [6.07, 6.45) is 5.08. The number of H-pyrrole nitrogens is 1. The van der Waals surface area contributed by atoms with Crippen LogP contribution in [0.15, 0.2) is 11.2 Å². The molecule has 2 atom stereocenters. The Kier molecular flexibility index (Phi) is 4.07. The highest BCUT2D eigenvalue weighted by Crippen LogP contribution is 2.27. The normalized spacial score (nSPS) is 27.9. The van der Waals surface area contributed by atoms with Crippen molar-refractivity contribution >= 4 is 10.0 Å². The molecule has 2 heterocycles. The molecule has 2 unspecified atom stereocenters. The predicted octanol–water partition coefficient (Wildman–Crippen LogP) is 1.33. The first-order valence-corrected chi connectivity index (χ1v) is 9.16. The third kappa shape index (κ3) is 3.30. The Bertz CT molecular complexity index is 584. The lowest BCUT2D eigenvalue weighted by molar-refractivity contribution is 0.222. The monoisotopic (exact) mass is 312 g/mol. The molecule has 2 aliphatic rings. The van der Waals surface area contributed by atoms with Crippen molar-refractivity contribution in [2.24, 2.45) is 11.8 Å². The second-order valence-electron chi connectivity index (χ2n) is 6.65. The average molecular weight is 312 g/mol. The summed E-state index contributed by atoms with van der Waals surface area (Å²) in [6.45, 7) is 5.98. The molecule has 0 radical (unpaired) electrons. The van der Waals surface area contributed by atoms with Crippen molar-refractivity contribution in [3.05, 3.63) is 11.8 Å². The van der Waals surface area contributed by atoms with Crippen LogP contribution in [0, 0.1) is 11.8 Å². The standard InChI is InChI=1S/C14H24N4O2S/c1-10-5-11(2)9-18(8-10)21(19,20)14-12(7-16-17-14)6-15-13-3-4-13/h7,10-11,13,15H,3-6,8-9H2,1-2H3,(H,16,17). The molecule has 21 heavy (non-hydrogen) atoms. The van der Waals surface area contributed by atoms with Crippen molar-refractivity contribution in [1.29, 1.82) is 0 Å². The fourth-order valence-electron chi connectivity index (χ4n) is 3.12. The third-order valence-corrected chi connectivity index (χ3v) is 6.12. The molecule has 118 valence electrons. The van der Waals surface area contributed by atoms with Crippen molar-refractivity contribution in [3.8, 4) is 0 Å². The van der Waals surface area contributed by atoms with Gasteiger partial charge in [0.2, 0.25) is 0 Å². The predicted molar refractivity (Wildman–Crippen MR) is 80.2 cm³/mol. The largest absolute Gasteiger partial charge is 0.310 e. The lowest BCUT2D eigenvalue weighted by Crippen LogP contribution is -2.43. The van der Waals surface area contributed by atoms with Crippen molar-refractivity contribution in [2.45, 2.75) is 50.7 Å². The van der Waals surface area contributed by atoms with Crippen LogP contribution in [0.25, 0.3) is 0 Å². The lowest BCUT2D eigenvalue weighted by Gasteiger charge is -2.33. The van der Waals surface area contributed by atoms with Crippen LogP contribution < -0.4 is 5.32 Å². The van der Waals surface area contributed by atoms with Crippen LogP contribution in [-0.4, -0.2) is 42.1 Å². The number of hydrogen-bond acceptors (Lipinski definition) is 4. The first kappa shape index (κ1) is 15.0. The number of aromatic amines is 1. The Labute approximate surface area is 126 Å².